The van der Waals surface area contributed by atoms with Crippen molar-refractivity contribution in [2.24, 2.45) is 0 Å². The van der Waals surface area contributed by atoms with Gasteiger partial charge >= 0.3 is 5.97 Å². The molecule has 0 radical (unpaired) electrons. The molecule has 2 rings (SSSR count). The summed E-state index contributed by atoms with van der Waals surface area (Å²) in [6.07, 6.45) is 1.54. The van der Waals surface area contributed by atoms with Gasteiger partial charge in [0.2, 0.25) is 0 Å². The average Bonchev–Trinajstić information content (AvgIpc) is 2.84. The largest absolute Gasteiger partial charge is 0.493 e. The molecular weight excluding hydrogens is 244 g/mol. The van der Waals surface area contributed by atoms with E-state index < -0.39 is 5.97 Å². The predicted molar refractivity (Wildman–Crippen MR) is 71.5 cm³/mol. The van der Waals surface area contributed by atoms with Gasteiger partial charge in [-0.2, -0.15) is 5.10 Å². The lowest BCUT2D eigenvalue weighted by Gasteiger charge is -2.08. The fraction of sp³-hybridized carbons (Fsp3) is 0.286. The average molecular weight is 260 g/mol. The van der Waals surface area contributed by atoms with Gasteiger partial charge in [-0.3, -0.25) is 4.68 Å². The van der Waals surface area contributed by atoms with Crippen molar-refractivity contribution in [2.45, 2.75) is 20.4 Å². The van der Waals surface area contributed by atoms with Crippen molar-refractivity contribution < 1.29 is 14.6 Å². The van der Waals surface area contributed by atoms with Gasteiger partial charge in [-0.1, -0.05) is 12.1 Å². The fourth-order valence-corrected chi connectivity index (χ4v) is 1.88. The SMILES string of the molecule is CCOc1ccccc1-c1nn(CC)cc1C(=O)O. The van der Waals surface area contributed by atoms with E-state index in [1.165, 1.54) is 0 Å². The van der Waals surface area contributed by atoms with Crippen molar-refractivity contribution in [3.05, 3.63) is 36.0 Å². The maximum atomic E-state index is 11.3. The maximum Gasteiger partial charge on any atom is 0.339 e. The van der Waals surface area contributed by atoms with Crippen molar-refractivity contribution in [2.75, 3.05) is 6.61 Å². The molecule has 1 aromatic carbocycles. The minimum absolute atomic E-state index is 0.189. The molecule has 2 aromatic rings. The van der Waals surface area contributed by atoms with Crippen LogP contribution in [0, 0.1) is 0 Å². The highest BCUT2D eigenvalue weighted by Crippen LogP contribution is 2.31. The topological polar surface area (TPSA) is 64.4 Å². The van der Waals surface area contributed by atoms with Crippen LogP contribution < -0.4 is 4.74 Å². The molecule has 0 atom stereocenters. The summed E-state index contributed by atoms with van der Waals surface area (Å²) in [6.45, 7) is 4.95. The van der Waals surface area contributed by atoms with Gasteiger partial charge < -0.3 is 9.84 Å². The number of aromatic nitrogens is 2. The molecule has 1 aromatic heterocycles. The Kier molecular flexibility index (Phi) is 3.85. The Balaban J connectivity index is 2.57. The first kappa shape index (κ1) is 13.1. The minimum Gasteiger partial charge on any atom is -0.493 e. The molecule has 5 nitrogen and oxygen atoms in total. The molecule has 1 N–H and O–H groups in total. The maximum absolute atomic E-state index is 11.3. The third kappa shape index (κ3) is 2.59. The van der Waals surface area contributed by atoms with Crippen LogP contribution in [0.5, 0.6) is 5.75 Å². The van der Waals surface area contributed by atoms with Crippen LogP contribution in [0.4, 0.5) is 0 Å². The van der Waals surface area contributed by atoms with Gasteiger partial charge in [0.05, 0.1) is 6.61 Å². The van der Waals surface area contributed by atoms with Gasteiger partial charge in [0.25, 0.3) is 0 Å². The number of carboxylic acid groups (broad SMARTS) is 1. The molecule has 0 saturated heterocycles. The lowest BCUT2D eigenvalue weighted by Crippen LogP contribution is -1.99. The Labute approximate surface area is 111 Å². The van der Waals surface area contributed by atoms with Gasteiger partial charge in [-0.15, -0.1) is 0 Å². The number of rotatable bonds is 5. The molecule has 5 heteroatoms. The number of aryl methyl sites for hydroxylation is 1. The van der Waals surface area contributed by atoms with Crippen LogP contribution in [0.3, 0.4) is 0 Å². The molecule has 0 unspecified atom stereocenters. The molecule has 100 valence electrons. The highest BCUT2D eigenvalue weighted by Gasteiger charge is 2.19. The van der Waals surface area contributed by atoms with Gasteiger partial charge in [-0.05, 0) is 26.0 Å². The number of para-hydroxylation sites is 1. The number of ether oxygens (including phenoxy) is 1. The van der Waals surface area contributed by atoms with Crippen molar-refractivity contribution in [3.8, 4) is 17.0 Å². The van der Waals surface area contributed by atoms with Crippen LogP contribution in [0.15, 0.2) is 30.5 Å². The van der Waals surface area contributed by atoms with Crippen LogP contribution in [0.25, 0.3) is 11.3 Å². The zero-order chi connectivity index (χ0) is 13.8. The van der Waals surface area contributed by atoms with Crippen molar-refractivity contribution >= 4 is 5.97 Å². The van der Waals surface area contributed by atoms with Crippen molar-refractivity contribution in [1.29, 1.82) is 0 Å². The summed E-state index contributed by atoms with van der Waals surface area (Å²) in [7, 11) is 0. The predicted octanol–water partition coefficient (Wildman–Crippen LogP) is 2.67. The smallest absolute Gasteiger partial charge is 0.339 e. The first-order chi connectivity index (χ1) is 9.17. The van der Waals surface area contributed by atoms with E-state index in [9.17, 15) is 9.90 Å². The van der Waals surface area contributed by atoms with Gasteiger partial charge in [0.1, 0.15) is 17.0 Å². The Morgan fingerprint density at radius 1 is 1.37 bits per heavy atom. The highest BCUT2D eigenvalue weighted by atomic mass is 16.5. The zero-order valence-corrected chi connectivity index (χ0v) is 11.0. The second-order valence-electron chi connectivity index (χ2n) is 3.98. The summed E-state index contributed by atoms with van der Waals surface area (Å²) >= 11 is 0. The van der Waals surface area contributed by atoms with Crippen LogP contribution >= 0.6 is 0 Å². The van der Waals surface area contributed by atoms with Crippen LogP contribution in [-0.2, 0) is 6.54 Å². The molecule has 19 heavy (non-hydrogen) atoms. The summed E-state index contributed by atoms with van der Waals surface area (Å²) in [5.74, 6) is -0.338. The van der Waals surface area contributed by atoms with E-state index in [1.807, 2.05) is 38.1 Å². The Bertz CT molecular complexity index is 590. The minimum atomic E-state index is -0.985. The molecule has 0 bridgehead atoms. The molecular formula is C14H16N2O3. The van der Waals surface area contributed by atoms with Crippen LogP contribution in [0.1, 0.15) is 24.2 Å². The van der Waals surface area contributed by atoms with Crippen LogP contribution in [-0.4, -0.2) is 27.5 Å². The number of carbonyl (C=O) groups is 1. The summed E-state index contributed by atoms with van der Waals surface area (Å²) in [5.41, 5.74) is 1.33. The lowest BCUT2D eigenvalue weighted by atomic mass is 10.1. The number of benzene rings is 1. The first-order valence-electron chi connectivity index (χ1n) is 6.20. The Morgan fingerprint density at radius 3 is 2.74 bits per heavy atom. The number of nitrogens with zero attached hydrogens (tertiary/aromatic N) is 2. The standard InChI is InChI=1S/C14H16N2O3/c1-3-16-9-11(14(17)18)13(15-16)10-7-5-6-8-12(10)19-4-2/h5-9H,3-4H2,1-2H3,(H,17,18). The molecule has 0 spiro atoms. The van der Waals surface area contributed by atoms with E-state index in [2.05, 4.69) is 5.10 Å². The first-order valence-corrected chi connectivity index (χ1v) is 6.20. The van der Waals surface area contributed by atoms with Crippen molar-refractivity contribution in [1.82, 2.24) is 9.78 Å². The second-order valence-corrected chi connectivity index (χ2v) is 3.98. The van der Waals surface area contributed by atoms with E-state index in [1.54, 1.807) is 10.9 Å². The van der Waals surface area contributed by atoms with E-state index in [4.69, 9.17) is 4.74 Å². The summed E-state index contributed by atoms with van der Waals surface area (Å²) in [5, 5.41) is 13.6. The molecule has 0 fully saturated rings. The van der Waals surface area contributed by atoms with Gasteiger partial charge in [0.15, 0.2) is 0 Å². The molecule has 0 saturated carbocycles. The quantitative estimate of drug-likeness (QED) is 0.897. The summed E-state index contributed by atoms with van der Waals surface area (Å²) in [4.78, 5) is 11.3. The zero-order valence-electron chi connectivity index (χ0n) is 11.0. The number of carboxylic acids is 1. The van der Waals surface area contributed by atoms with E-state index >= 15 is 0 Å². The molecule has 0 aliphatic rings. The monoisotopic (exact) mass is 260 g/mol. The Morgan fingerprint density at radius 2 is 2.11 bits per heavy atom. The third-order valence-corrected chi connectivity index (χ3v) is 2.76. The molecule has 0 aliphatic carbocycles. The third-order valence-electron chi connectivity index (χ3n) is 2.76. The van der Waals surface area contributed by atoms with Gasteiger partial charge in [-0.25, -0.2) is 4.79 Å². The van der Waals surface area contributed by atoms with Crippen molar-refractivity contribution in [3.63, 3.8) is 0 Å². The fourth-order valence-electron chi connectivity index (χ4n) is 1.88. The Hall–Kier alpha value is -2.30. The number of hydrogen-bond donors (Lipinski definition) is 1. The number of aromatic carboxylic acids is 1. The second kappa shape index (κ2) is 5.56. The number of hydrogen-bond acceptors (Lipinski definition) is 3. The molecule has 0 aliphatic heterocycles. The lowest BCUT2D eigenvalue weighted by molar-refractivity contribution is 0.0697. The van der Waals surface area contributed by atoms with E-state index in [0.717, 1.165) is 0 Å². The molecule has 1 heterocycles. The van der Waals surface area contributed by atoms with E-state index in [0.29, 0.717) is 30.2 Å². The summed E-state index contributed by atoms with van der Waals surface area (Å²) < 4.78 is 7.14. The van der Waals surface area contributed by atoms with E-state index in [-0.39, 0.29) is 5.56 Å². The normalized spacial score (nSPS) is 10.4. The highest BCUT2D eigenvalue weighted by molar-refractivity contribution is 5.95. The van der Waals surface area contributed by atoms with Crippen LogP contribution in [0.2, 0.25) is 0 Å². The summed E-state index contributed by atoms with van der Waals surface area (Å²) in [6, 6.07) is 7.33. The van der Waals surface area contributed by atoms with Gasteiger partial charge in [0, 0.05) is 18.3 Å². The molecule has 0 amide bonds.